The number of nitrogens with one attached hydrogen (secondary N) is 1. The van der Waals surface area contributed by atoms with Gasteiger partial charge < -0.3 is 10.2 Å². The second-order valence-corrected chi connectivity index (χ2v) is 10.2. The Morgan fingerprint density at radius 2 is 2.14 bits per heavy atom. The molecule has 0 aromatic carbocycles. The number of aromatic nitrogens is 2. The van der Waals surface area contributed by atoms with Crippen LogP contribution in [0.5, 0.6) is 0 Å². The second-order valence-electron chi connectivity index (χ2n) is 9.14. The van der Waals surface area contributed by atoms with E-state index >= 15 is 0 Å². The number of hydrogen-bond acceptors (Lipinski definition) is 5. The van der Waals surface area contributed by atoms with E-state index in [0.29, 0.717) is 25.4 Å². The first kappa shape index (κ1) is 21.0. The van der Waals surface area contributed by atoms with E-state index in [2.05, 4.69) is 31.1 Å². The molecule has 1 unspecified atom stereocenters. The van der Waals surface area contributed by atoms with Crippen molar-refractivity contribution >= 4 is 27.5 Å². The Morgan fingerprint density at radius 1 is 1.39 bits per heavy atom. The van der Waals surface area contributed by atoms with Crippen molar-refractivity contribution in [3.63, 3.8) is 0 Å². The van der Waals surface area contributed by atoms with Gasteiger partial charge in [-0.05, 0) is 50.3 Å². The quantitative estimate of drug-likeness (QED) is 0.804. The summed E-state index contributed by atoms with van der Waals surface area (Å²) in [4.78, 5) is 33.8. The van der Waals surface area contributed by atoms with Gasteiger partial charge in [-0.15, -0.1) is 11.3 Å². The summed E-state index contributed by atoms with van der Waals surface area (Å²) < 4.78 is 1.59. The number of fused-ring (bicyclic) bond motifs is 3. The van der Waals surface area contributed by atoms with Gasteiger partial charge in [0.25, 0.3) is 5.56 Å². The predicted octanol–water partition coefficient (Wildman–Crippen LogP) is 2.68. The number of rotatable bonds is 6. The first-order chi connectivity index (χ1) is 13.2. The monoisotopic (exact) mass is 404 g/mol. The SMILES string of the molecule is CN(C)CCNC(=O)CCn1cnc2sc3c(c2c1=O)CCC(C(C)(C)C)C3. The summed E-state index contributed by atoms with van der Waals surface area (Å²) in [6.07, 6.45) is 4.99. The van der Waals surface area contributed by atoms with Gasteiger partial charge in [-0.2, -0.15) is 0 Å². The molecule has 0 saturated heterocycles. The van der Waals surface area contributed by atoms with E-state index in [0.717, 1.165) is 36.0 Å². The highest BCUT2D eigenvalue weighted by molar-refractivity contribution is 7.18. The Hall–Kier alpha value is -1.73. The van der Waals surface area contributed by atoms with Gasteiger partial charge in [-0.25, -0.2) is 4.98 Å². The van der Waals surface area contributed by atoms with Crippen LogP contribution in [0.4, 0.5) is 0 Å². The van der Waals surface area contributed by atoms with Crippen LogP contribution >= 0.6 is 11.3 Å². The maximum Gasteiger partial charge on any atom is 0.262 e. The van der Waals surface area contributed by atoms with Crippen LogP contribution < -0.4 is 10.9 Å². The van der Waals surface area contributed by atoms with Crippen molar-refractivity contribution in [1.29, 1.82) is 0 Å². The Labute approximate surface area is 171 Å². The van der Waals surface area contributed by atoms with Crippen LogP contribution in [0.25, 0.3) is 10.2 Å². The maximum absolute atomic E-state index is 13.0. The van der Waals surface area contributed by atoms with Crippen molar-refractivity contribution in [2.75, 3.05) is 27.2 Å². The van der Waals surface area contributed by atoms with Gasteiger partial charge in [0.05, 0.1) is 11.7 Å². The third-order valence-corrected chi connectivity index (χ3v) is 6.88. The Kier molecular flexibility index (Phi) is 6.25. The van der Waals surface area contributed by atoms with Gasteiger partial charge >= 0.3 is 0 Å². The minimum atomic E-state index is -0.0331. The molecule has 0 bridgehead atoms. The van der Waals surface area contributed by atoms with Gasteiger partial charge in [-0.3, -0.25) is 14.2 Å². The molecule has 1 aliphatic carbocycles. The highest BCUT2D eigenvalue weighted by Gasteiger charge is 2.31. The molecule has 28 heavy (non-hydrogen) atoms. The second kappa shape index (κ2) is 8.33. The maximum atomic E-state index is 13.0. The molecule has 1 atom stereocenters. The number of aryl methyl sites for hydroxylation is 2. The zero-order valence-electron chi connectivity index (χ0n) is 17.7. The number of nitrogens with zero attached hydrogens (tertiary/aromatic N) is 3. The third-order valence-electron chi connectivity index (χ3n) is 5.72. The summed E-state index contributed by atoms with van der Waals surface area (Å²) in [5.74, 6) is 0.607. The van der Waals surface area contributed by atoms with Crippen molar-refractivity contribution < 1.29 is 4.79 Å². The van der Waals surface area contributed by atoms with E-state index in [4.69, 9.17) is 0 Å². The highest BCUT2D eigenvalue weighted by Crippen LogP contribution is 2.41. The normalized spacial score (nSPS) is 17.1. The Morgan fingerprint density at radius 3 is 2.82 bits per heavy atom. The van der Waals surface area contributed by atoms with E-state index in [1.807, 2.05) is 19.0 Å². The molecule has 0 saturated carbocycles. The fourth-order valence-electron chi connectivity index (χ4n) is 3.83. The summed E-state index contributed by atoms with van der Waals surface area (Å²) in [5.41, 5.74) is 1.47. The first-order valence-electron chi connectivity index (χ1n) is 10.1. The zero-order chi connectivity index (χ0) is 20.5. The van der Waals surface area contributed by atoms with Gasteiger partial charge in [-0.1, -0.05) is 20.8 Å². The van der Waals surface area contributed by atoms with Crippen LogP contribution in [0.1, 0.15) is 44.1 Å². The number of amides is 1. The lowest BCUT2D eigenvalue weighted by molar-refractivity contribution is -0.121. The number of hydrogen-bond donors (Lipinski definition) is 1. The van der Waals surface area contributed by atoms with Crippen LogP contribution in [0, 0.1) is 11.3 Å². The lowest BCUT2D eigenvalue weighted by atomic mass is 9.72. The average molecular weight is 405 g/mol. The van der Waals surface area contributed by atoms with E-state index < -0.39 is 0 Å². The molecule has 0 aliphatic heterocycles. The number of carbonyl (C=O) groups excluding carboxylic acids is 1. The molecular formula is C21H32N4O2S. The van der Waals surface area contributed by atoms with Crippen molar-refractivity contribution in [2.45, 2.75) is 53.0 Å². The van der Waals surface area contributed by atoms with Crippen LogP contribution in [0.3, 0.4) is 0 Å². The molecule has 0 radical (unpaired) electrons. The molecule has 6 nitrogen and oxygen atoms in total. The molecule has 1 amide bonds. The number of carbonyl (C=O) groups is 1. The molecule has 2 heterocycles. The van der Waals surface area contributed by atoms with Crippen molar-refractivity contribution in [2.24, 2.45) is 11.3 Å². The zero-order valence-corrected chi connectivity index (χ0v) is 18.5. The lowest BCUT2D eigenvalue weighted by Gasteiger charge is -2.33. The summed E-state index contributed by atoms with van der Waals surface area (Å²) in [6.45, 7) is 8.67. The number of likely N-dealkylation sites (N-methyl/N-ethyl adjacent to an activating group) is 1. The van der Waals surface area contributed by atoms with Gasteiger partial charge in [0, 0.05) is 30.9 Å². The van der Waals surface area contributed by atoms with E-state index in [1.54, 1.807) is 22.2 Å². The molecule has 2 aromatic heterocycles. The molecule has 2 aromatic rings. The van der Waals surface area contributed by atoms with Gasteiger partial charge in [0.1, 0.15) is 4.83 Å². The minimum absolute atomic E-state index is 0.00204. The minimum Gasteiger partial charge on any atom is -0.355 e. The predicted molar refractivity (Wildman–Crippen MR) is 115 cm³/mol. The molecule has 7 heteroatoms. The standard InChI is InChI=1S/C21H32N4O2S/c1-21(2,3)14-6-7-15-16(12-14)28-19-18(15)20(27)25(13-23-19)10-8-17(26)22-9-11-24(4)5/h13-14H,6-12H2,1-5H3,(H,22,26). The molecule has 0 spiro atoms. The van der Waals surface area contributed by atoms with Crippen LogP contribution in [0.15, 0.2) is 11.1 Å². The average Bonchev–Trinajstić information content (AvgIpc) is 2.98. The van der Waals surface area contributed by atoms with E-state index in [-0.39, 0.29) is 16.9 Å². The summed E-state index contributed by atoms with van der Waals surface area (Å²) in [5, 5.41) is 3.67. The Balaban J connectivity index is 1.74. The largest absolute Gasteiger partial charge is 0.355 e. The molecule has 1 aliphatic rings. The summed E-state index contributed by atoms with van der Waals surface area (Å²) in [7, 11) is 3.94. The van der Waals surface area contributed by atoms with Crippen molar-refractivity contribution in [3.8, 4) is 0 Å². The topological polar surface area (TPSA) is 67.2 Å². The Bertz CT molecular complexity index is 907. The van der Waals surface area contributed by atoms with Crippen molar-refractivity contribution in [3.05, 3.63) is 27.1 Å². The van der Waals surface area contributed by atoms with Gasteiger partial charge in [0.15, 0.2) is 0 Å². The summed E-state index contributed by atoms with van der Waals surface area (Å²) >= 11 is 1.67. The molecule has 154 valence electrons. The molecule has 0 fully saturated rings. The molecular weight excluding hydrogens is 372 g/mol. The van der Waals surface area contributed by atoms with Crippen LogP contribution in [0.2, 0.25) is 0 Å². The fourth-order valence-corrected chi connectivity index (χ4v) is 5.09. The van der Waals surface area contributed by atoms with E-state index in [1.165, 1.54) is 10.4 Å². The highest BCUT2D eigenvalue weighted by atomic mass is 32.1. The van der Waals surface area contributed by atoms with Crippen molar-refractivity contribution in [1.82, 2.24) is 19.8 Å². The summed E-state index contributed by atoms with van der Waals surface area (Å²) in [6, 6.07) is 0. The smallest absolute Gasteiger partial charge is 0.262 e. The molecule has 3 rings (SSSR count). The number of thiophene rings is 1. The first-order valence-corrected chi connectivity index (χ1v) is 10.9. The lowest BCUT2D eigenvalue weighted by Crippen LogP contribution is -2.32. The van der Waals surface area contributed by atoms with Crippen LogP contribution in [-0.4, -0.2) is 47.5 Å². The fraction of sp³-hybridized carbons (Fsp3) is 0.667. The van der Waals surface area contributed by atoms with E-state index in [9.17, 15) is 9.59 Å². The van der Waals surface area contributed by atoms with Crippen LogP contribution in [-0.2, 0) is 24.2 Å². The van der Waals surface area contributed by atoms with Gasteiger partial charge in [0.2, 0.25) is 5.91 Å². The third kappa shape index (κ3) is 4.63. The molecule has 1 N–H and O–H groups in total.